The Hall–Kier alpha value is -4.24. The van der Waals surface area contributed by atoms with Gasteiger partial charge in [-0.3, -0.25) is 14.1 Å². The van der Waals surface area contributed by atoms with Crippen molar-refractivity contribution in [2.45, 2.75) is 95.6 Å². The summed E-state index contributed by atoms with van der Waals surface area (Å²) in [5, 5.41) is 12.1. The van der Waals surface area contributed by atoms with Crippen molar-refractivity contribution in [3.8, 4) is 5.75 Å². The van der Waals surface area contributed by atoms with Crippen LogP contribution in [-0.2, 0) is 20.5 Å². The second kappa shape index (κ2) is 13.1. The molecule has 1 saturated heterocycles. The van der Waals surface area contributed by atoms with Gasteiger partial charge in [-0.1, -0.05) is 45.0 Å². The van der Waals surface area contributed by atoms with Gasteiger partial charge in [0.2, 0.25) is 5.91 Å². The fourth-order valence-corrected chi connectivity index (χ4v) is 7.22. The van der Waals surface area contributed by atoms with Crippen molar-refractivity contribution < 1.29 is 19.1 Å². The van der Waals surface area contributed by atoms with Gasteiger partial charge in [-0.25, -0.2) is 4.79 Å². The molecule has 4 aromatic rings. The Kier molecular flexibility index (Phi) is 9.12. The SMILES string of the molecule is COC(=O)c1cc(NC(=O)CCCC2CC[C@@H](Oc3ccc4nnc([C@]5(C)CCCN5C)n4c3)c3ccccc32)cc(C(C)(C)C)c1. The standard InChI is InChI=1S/C38H47N5O4/c1-37(2,3)27-21-26(35(45)46-6)22-28(23-27)39-34(44)14-9-11-25-15-17-32(31-13-8-7-12-30(25)31)47-29-16-18-33-40-41-36(43(33)24-29)38(4)19-10-20-42(38)5/h7-8,12-13,16,18,21-25,32H,9-11,14-15,17,19-20H2,1-6H3,(H,39,44)/t25?,32-,38+/m1/s1. The largest absolute Gasteiger partial charge is 0.484 e. The number of amides is 1. The third-order valence-electron chi connectivity index (χ3n) is 10.2. The first-order valence-electron chi connectivity index (χ1n) is 16.8. The number of benzene rings is 2. The van der Waals surface area contributed by atoms with Crippen molar-refractivity contribution in [1.82, 2.24) is 19.5 Å². The minimum absolute atomic E-state index is 0.0491. The number of anilines is 1. The number of likely N-dealkylation sites (tertiary alicyclic amines) is 1. The van der Waals surface area contributed by atoms with E-state index in [1.807, 2.05) is 30.5 Å². The molecule has 1 unspecified atom stereocenters. The van der Waals surface area contributed by atoms with Crippen LogP contribution in [0.1, 0.15) is 118 Å². The van der Waals surface area contributed by atoms with Crippen LogP contribution >= 0.6 is 0 Å². The number of nitrogens with zero attached hydrogens (tertiary/aromatic N) is 4. The molecule has 0 bridgehead atoms. The number of hydrogen-bond acceptors (Lipinski definition) is 7. The molecule has 0 spiro atoms. The van der Waals surface area contributed by atoms with E-state index in [1.165, 1.54) is 18.2 Å². The maximum atomic E-state index is 13.0. The minimum atomic E-state index is -0.417. The van der Waals surface area contributed by atoms with Gasteiger partial charge >= 0.3 is 5.97 Å². The quantitative estimate of drug-likeness (QED) is 0.189. The number of rotatable bonds is 9. The molecular weight excluding hydrogens is 590 g/mol. The second-order valence-electron chi connectivity index (χ2n) is 14.4. The van der Waals surface area contributed by atoms with Crippen molar-refractivity contribution in [2.24, 2.45) is 0 Å². The predicted molar refractivity (Wildman–Crippen MR) is 183 cm³/mol. The molecule has 2 aromatic heterocycles. The number of hydrogen-bond donors (Lipinski definition) is 1. The fraction of sp³-hybridized carbons (Fsp3) is 0.474. The molecule has 0 radical (unpaired) electrons. The van der Waals surface area contributed by atoms with Crippen LogP contribution < -0.4 is 10.1 Å². The number of nitrogens with one attached hydrogen (secondary N) is 1. The van der Waals surface area contributed by atoms with E-state index in [2.05, 4.69) is 83.8 Å². The summed E-state index contributed by atoms with van der Waals surface area (Å²) in [6, 6.07) is 18.0. The molecule has 9 nitrogen and oxygen atoms in total. The Bertz CT molecular complexity index is 1780. The molecule has 0 saturated carbocycles. The van der Waals surface area contributed by atoms with Gasteiger partial charge in [0.05, 0.1) is 24.4 Å². The lowest BCUT2D eigenvalue weighted by molar-refractivity contribution is -0.116. The normalized spacial score (nSPS) is 21.4. The Morgan fingerprint density at radius 2 is 1.83 bits per heavy atom. The lowest BCUT2D eigenvalue weighted by Gasteiger charge is -2.32. The van der Waals surface area contributed by atoms with Gasteiger partial charge in [0.15, 0.2) is 11.5 Å². The first kappa shape index (κ1) is 32.7. The zero-order valence-corrected chi connectivity index (χ0v) is 28.5. The summed E-state index contributed by atoms with van der Waals surface area (Å²) in [6.45, 7) is 9.53. The third kappa shape index (κ3) is 6.77. The van der Waals surface area contributed by atoms with Gasteiger partial charge < -0.3 is 14.8 Å². The molecule has 47 heavy (non-hydrogen) atoms. The van der Waals surface area contributed by atoms with E-state index in [-0.39, 0.29) is 23.0 Å². The van der Waals surface area contributed by atoms with Gasteiger partial charge in [-0.05, 0) is 117 Å². The van der Waals surface area contributed by atoms with Crippen LogP contribution in [0, 0.1) is 0 Å². The molecule has 1 amide bonds. The molecule has 6 rings (SSSR count). The molecule has 3 atom stereocenters. The Labute approximate surface area is 277 Å². The molecule has 1 fully saturated rings. The highest BCUT2D eigenvalue weighted by Gasteiger charge is 2.39. The summed E-state index contributed by atoms with van der Waals surface area (Å²) in [5.74, 6) is 1.65. The first-order chi connectivity index (χ1) is 22.5. The summed E-state index contributed by atoms with van der Waals surface area (Å²) in [5.41, 5.74) is 5.02. The minimum Gasteiger partial charge on any atom is -0.484 e. The van der Waals surface area contributed by atoms with Crippen molar-refractivity contribution in [2.75, 3.05) is 26.0 Å². The summed E-state index contributed by atoms with van der Waals surface area (Å²) >= 11 is 0. The van der Waals surface area contributed by atoms with Gasteiger partial charge in [-0.2, -0.15) is 0 Å². The van der Waals surface area contributed by atoms with E-state index in [0.29, 0.717) is 23.6 Å². The number of esters is 1. The van der Waals surface area contributed by atoms with Crippen molar-refractivity contribution in [1.29, 1.82) is 0 Å². The topological polar surface area (TPSA) is 98.1 Å². The molecule has 1 aliphatic carbocycles. The number of pyridine rings is 1. The average molecular weight is 638 g/mol. The van der Waals surface area contributed by atoms with Crippen LogP contribution in [0.2, 0.25) is 0 Å². The highest BCUT2D eigenvalue weighted by atomic mass is 16.5. The van der Waals surface area contributed by atoms with E-state index in [1.54, 1.807) is 6.07 Å². The summed E-state index contributed by atoms with van der Waals surface area (Å²) in [4.78, 5) is 27.7. The summed E-state index contributed by atoms with van der Waals surface area (Å²) < 4.78 is 13.7. The number of fused-ring (bicyclic) bond motifs is 2. The Morgan fingerprint density at radius 3 is 2.55 bits per heavy atom. The van der Waals surface area contributed by atoms with Gasteiger partial charge in [-0.15, -0.1) is 10.2 Å². The van der Waals surface area contributed by atoms with Crippen LogP contribution in [0.4, 0.5) is 5.69 Å². The predicted octanol–water partition coefficient (Wildman–Crippen LogP) is 7.56. The molecular formula is C38H47N5O4. The van der Waals surface area contributed by atoms with E-state index in [4.69, 9.17) is 9.47 Å². The lowest BCUT2D eigenvalue weighted by atomic mass is 9.79. The first-order valence-corrected chi connectivity index (χ1v) is 16.8. The third-order valence-corrected chi connectivity index (χ3v) is 10.2. The van der Waals surface area contributed by atoms with E-state index < -0.39 is 5.97 Å². The lowest BCUT2D eigenvalue weighted by Crippen LogP contribution is -2.37. The molecule has 1 aliphatic heterocycles. The van der Waals surface area contributed by atoms with E-state index in [9.17, 15) is 9.59 Å². The number of carbonyl (C=O) groups excluding carboxylic acids is 2. The molecule has 2 aromatic carbocycles. The maximum absolute atomic E-state index is 13.0. The molecule has 9 heteroatoms. The molecule has 1 N–H and O–H groups in total. The smallest absolute Gasteiger partial charge is 0.337 e. The zero-order chi connectivity index (χ0) is 33.3. The fourth-order valence-electron chi connectivity index (χ4n) is 7.22. The number of methoxy groups -OCH3 is 1. The highest BCUT2D eigenvalue weighted by Crippen LogP contribution is 2.42. The van der Waals surface area contributed by atoms with Crippen LogP contribution in [0.3, 0.4) is 0 Å². The van der Waals surface area contributed by atoms with Gasteiger partial charge in [0.1, 0.15) is 11.9 Å². The zero-order valence-electron chi connectivity index (χ0n) is 28.5. The average Bonchev–Trinajstić information content (AvgIpc) is 3.63. The van der Waals surface area contributed by atoms with Crippen molar-refractivity contribution in [3.63, 3.8) is 0 Å². The molecule has 3 heterocycles. The van der Waals surface area contributed by atoms with Crippen LogP contribution in [0.25, 0.3) is 5.65 Å². The Morgan fingerprint density at radius 1 is 1.04 bits per heavy atom. The maximum Gasteiger partial charge on any atom is 0.337 e. The highest BCUT2D eigenvalue weighted by molar-refractivity contribution is 5.95. The van der Waals surface area contributed by atoms with Crippen LogP contribution in [0.5, 0.6) is 5.75 Å². The van der Waals surface area contributed by atoms with Gasteiger partial charge in [0, 0.05) is 12.1 Å². The monoisotopic (exact) mass is 637 g/mol. The summed E-state index contributed by atoms with van der Waals surface area (Å²) in [7, 11) is 3.52. The second-order valence-corrected chi connectivity index (χ2v) is 14.4. The molecule has 2 aliphatic rings. The van der Waals surface area contributed by atoms with Crippen LogP contribution in [0.15, 0.2) is 60.8 Å². The number of ether oxygens (including phenoxy) is 2. The van der Waals surface area contributed by atoms with E-state index >= 15 is 0 Å². The van der Waals surface area contributed by atoms with Gasteiger partial charge in [0.25, 0.3) is 0 Å². The van der Waals surface area contributed by atoms with Crippen LogP contribution in [-0.4, -0.2) is 52.1 Å². The number of carbonyl (C=O) groups is 2. The van der Waals surface area contributed by atoms with Crippen molar-refractivity contribution in [3.05, 3.63) is 88.9 Å². The number of aromatic nitrogens is 3. The Balaban J connectivity index is 1.11. The summed E-state index contributed by atoms with van der Waals surface area (Å²) in [6.07, 6.45) is 8.16. The van der Waals surface area contributed by atoms with E-state index in [0.717, 1.165) is 67.9 Å². The molecule has 248 valence electrons. The van der Waals surface area contributed by atoms with Crippen molar-refractivity contribution >= 4 is 23.2 Å².